The molecule has 3 heteroatoms. The first-order valence-corrected chi connectivity index (χ1v) is 9.85. The second kappa shape index (κ2) is 9.32. The van der Waals surface area contributed by atoms with Crippen molar-refractivity contribution in [2.75, 3.05) is 32.1 Å². The van der Waals surface area contributed by atoms with Gasteiger partial charge in [0.05, 0.1) is 0 Å². The monoisotopic (exact) mass is 300 g/mol. The standard InChI is InChI=1S/C17H36N2S/c1-6-16(12-20-5)19(4)14-17(13-18-15(2)3)10-8-7-9-11-17/h15-16,18H,6-14H2,1-5H3. The van der Waals surface area contributed by atoms with Crippen LogP contribution in [0, 0.1) is 5.41 Å². The van der Waals surface area contributed by atoms with Gasteiger partial charge in [0.15, 0.2) is 0 Å². The molecule has 0 spiro atoms. The van der Waals surface area contributed by atoms with Crippen LogP contribution < -0.4 is 5.32 Å². The first-order chi connectivity index (χ1) is 9.53. The summed E-state index contributed by atoms with van der Waals surface area (Å²) < 4.78 is 0. The van der Waals surface area contributed by atoms with Gasteiger partial charge in [-0.2, -0.15) is 11.8 Å². The Morgan fingerprint density at radius 3 is 2.35 bits per heavy atom. The van der Waals surface area contributed by atoms with Crippen molar-refractivity contribution in [1.29, 1.82) is 0 Å². The van der Waals surface area contributed by atoms with E-state index in [1.807, 2.05) is 11.8 Å². The van der Waals surface area contributed by atoms with Gasteiger partial charge >= 0.3 is 0 Å². The van der Waals surface area contributed by atoms with Crippen molar-refractivity contribution in [3.8, 4) is 0 Å². The molecule has 1 N–H and O–H groups in total. The lowest BCUT2D eigenvalue weighted by atomic mass is 9.73. The van der Waals surface area contributed by atoms with Gasteiger partial charge in [0.25, 0.3) is 0 Å². The molecule has 1 atom stereocenters. The minimum absolute atomic E-state index is 0.517. The van der Waals surface area contributed by atoms with E-state index in [9.17, 15) is 0 Å². The molecule has 1 rings (SSSR count). The predicted octanol–water partition coefficient (Wildman–Crippen LogP) is 4.01. The number of nitrogens with one attached hydrogen (secondary N) is 1. The molecule has 0 aliphatic heterocycles. The summed E-state index contributed by atoms with van der Waals surface area (Å²) in [6.45, 7) is 9.33. The Hall–Kier alpha value is 0.270. The van der Waals surface area contributed by atoms with Gasteiger partial charge in [0.1, 0.15) is 0 Å². The van der Waals surface area contributed by atoms with Crippen molar-refractivity contribution >= 4 is 11.8 Å². The molecule has 1 fully saturated rings. The lowest BCUT2D eigenvalue weighted by Gasteiger charge is -2.43. The van der Waals surface area contributed by atoms with Crippen LogP contribution in [0.25, 0.3) is 0 Å². The van der Waals surface area contributed by atoms with Crippen LogP contribution in [0.1, 0.15) is 59.3 Å². The molecule has 1 aliphatic rings. The molecule has 0 heterocycles. The molecule has 0 aromatic rings. The van der Waals surface area contributed by atoms with Crippen LogP contribution >= 0.6 is 11.8 Å². The average Bonchev–Trinajstić information content (AvgIpc) is 2.43. The Balaban J connectivity index is 2.62. The Labute approximate surface area is 131 Å². The van der Waals surface area contributed by atoms with Crippen molar-refractivity contribution < 1.29 is 0 Å². The van der Waals surface area contributed by atoms with Gasteiger partial charge in [-0.1, -0.05) is 40.0 Å². The van der Waals surface area contributed by atoms with E-state index in [0.717, 1.165) is 6.04 Å². The first kappa shape index (κ1) is 18.3. The third-order valence-corrected chi connectivity index (χ3v) is 5.56. The topological polar surface area (TPSA) is 15.3 Å². The number of nitrogens with zero attached hydrogens (tertiary/aromatic N) is 1. The lowest BCUT2D eigenvalue weighted by molar-refractivity contribution is 0.0950. The molecule has 2 nitrogen and oxygen atoms in total. The second-order valence-electron chi connectivity index (χ2n) is 7.03. The third-order valence-electron chi connectivity index (χ3n) is 4.84. The van der Waals surface area contributed by atoms with Gasteiger partial charge in [-0.05, 0) is 38.0 Å². The summed E-state index contributed by atoms with van der Waals surface area (Å²) in [4.78, 5) is 2.64. The molecule has 0 bridgehead atoms. The second-order valence-corrected chi connectivity index (χ2v) is 7.94. The van der Waals surface area contributed by atoms with Gasteiger partial charge in [0, 0.05) is 30.9 Å². The van der Waals surface area contributed by atoms with Crippen LogP contribution in [-0.2, 0) is 0 Å². The highest BCUT2D eigenvalue weighted by atomic mass is 32.2. The smallest absolute Gasteiger partial charge is 0.0180 e. The maximum Gasteiger partial charge on any atom is 0.0180 e. The number of hydrogen-bond acceptors (Lipinski definition) is 3. The maximum absolute atomic E-state index is 3.72. The zero-order chi connectivity index (χ0) is 15.0. The third kappa shape index (κ3) is 5.95. The minimum atomic E-state index is 0.517. The molecule has 20 heavy (non-hydrogen) atoms. The van der Waals surface area contributed by atoms with E-state index in [4.69, 9.17) is 0 Å². The van der Waals surface area contributed by atoms with Gasteiger partial charge in [-0.15, -0.1) is 0 Å². The van der Waals surface area contributed by atoms with Crippen LogP contribution in [0.2, 0.25) is 0 Å². The number of hydrogen-bond donors (Lipinski definition) is 1. The summed E-state index contributed by atoms with van der Waals surface area (Å²) >= 11 is 1.98. The van der Waals surface area contributed by atoms with Crippen molar-refractivity contribution in [2.24, 2.45) is 5.41 Å². The van der Waals surface area contributed by atoms with Crippen LogP contribution in [0.15, 0.2) is 0 Å². The SMILES string of the molecule is CCC(CSC)N(C)CC1(CNC(C)C)CCCCC1. The Kier molecular flexibility index (Phi) is 8.54. The molecule has 0 aromatic carbocycles. The maximum atomic E-state index is 3.72. The van der Waals surface area contributed by atoms with Gasteiger partial charge < -0.3 is 10.2 Å². The van der Waals surface area contributed by atoms with Gasteiger partial charge in [-0.3, -0.25) is 0 Å². The zero-order valence-corrected chi connectivity index (χ0v) is 15.2. The summed E-state index contributed by atoms with van der Waals surface area (Å²) in [6, 6.07) is 1.34. The molecule has 1 unspecified atom stereocenters. The molecular weight excluding hydrogens is 264 g/mol. The summed E-state index contributed by atoms with van der Waals surface area (Å²) in [6.07, 6.45) is 10.6. The zero-order valence-electron chi connectivity index (χ0n) is 14.4. The molecule has 0 amide bonds. The molecule has 1 saturated carbocycles. The Morgan fingerprint density at radius 1 is 1.20 bits per heavy atom. The normalized spacial score (nSPS) is 20.6. The fourth-order valence-electron chi connectivity index (χ4n) is 3.52. The van der Waals surface area contributed by atoms with Crippen molar-refractivity contribution in [2.45, 2.75) is 71.4 Å². The van der Waals surface area contributed by atoms with E-state index in [-0.39, 0.29) is 0 Å². The Morgan fingerprint density at radius 2 is 1.85 bits per heavy atom. The summed E-state index contributed by atoms with van der Waals surface area (Å²) in [7, 11) is 2.34. The first-order valence-electron chi connectivity index (χ1n) is 8.45. The molecule has 0 saturated heterocycles. The summed E-state index contributed by atoms with van der Waals surface area (Å²) in [5, 5.41) is 3.72. The van der Waals surface area contributed by atoms with Crippen LogP contribution in [0.3, 0.4) is 0 Å². The molecular formula is C17H36N2S. The van der Waals surface area contributed by atoms with E-state index in [1.54, 1.807) is 0 Å². The quantitative estimate of drug-likeness (QED) is 0.692. The van der Waals surface area contributed by atoms with E-state index >= 15 is 0 Å². The summed E-state index contributed by atoms with van der Waals surface area (Å²) in [5.41, 5.74) is 0.517. The number of rotatable bonds is 9. The fraction of sp³-hybridized carbons (Fsp3) is 1.00. The molecule has 120 valence electrons. The molecule has 0 aromatic heterocycles. The van der Waals surface area contributed by atoms with Crippen LogP contribution in [0.5, 0.6) is 0 Å². The van der Waals surface area contributed by atoms with E-state index in [0.29, 0.717) is 11.5 Å². The van der Waals surface area contributed by atoms with E-state index < -0.39 is 0 Å². The van der Waals surface area contributed by atoms with Gasteiger partial charge in [0.2, 0.25) is 0 Å². The minimum Gasteiger partial charge on any atom is -0.314 e. The molecule has 1 aliphatic carbocycles. The predicted molar refractivity (Wildman–Crippen MR) is 93.7 cm³/mol. The van der Waals surface area contributed by atoms with Crippen molar-refractivity contribution in [3.63, 3.8) is 0 Å². The highest BCUT2D eigenvalue weighted by molar-refractivity contribution is 7.98. The fourth-order valence-corrected chi connectivity index (χ4v) is 4.40. The lowest BCUT2D eigenvalue weighted by Crippen LogP contribution is -2.48. The number of thioether (sulfide) groups is 1. The Bertz CT molecular complexity index is 249. The van der Waals surface area contributed by atoms with Crippen molar-refractivity contribution in [3.05, 3.63) is 0 Å². The largest absolute Gasteiger partial charge is 0.314 e. The van der Waals surface area contributed by atoms with Crippen LogP contribution in [-0.4, -0.2) is 49.1 Å². The van der Waals surface area contributed by atoms with E-state index in [1.165, 1.54) is 57.4 Å². The van der Waals surface area contributed by atoms with E-state index in [2.05, 4.69) is 44.3 Å². The van der Waals surface area contributed by atoms with Crippen LogP contribution in [0.4, 0.5) is 0 Å². The van der Waals surface area contributed by atoms with Gasteiger partial charge in [-0.25, -0.2) is 0 Å². The molecule has 0 radical (unpaired) electrons. The highest BCUT2D eigenvalue weighted by Crippen LogP contribution is 2.37. The summed E-state index contributed by atoms with van der Waals surface area (Å²) in [5.74, 6) is 1.26. The average molecular weight is 301 g/mol. The highest BCUT2D eigenvalue weighted by Gasteiger charge is 2.34. The van der Waals surface area contributed by atoms with Crippen molar-refractivity contribution in [1.82, 2.24) is 10.2 Å².